The Morgan fingerprint density at radius 2 is 2.11 bits per heavy atom. The third-order valence-electron chi connectivity index (χ3n) is 2.42. The topological polar surface area (TPSA) is 68.3 Å². The van der Waals surface area contributed by atoms with E-state index in [4.69, 9.17) is 4.42 Å². The Bertz CT molecular complexity index is 528. The summed E-state index contributed by atoms with van der Waals surface area (Å²) in [5.41, 5.74) is 0.209. The van der Waals surface area contributed by atoms with Gasteiger partial charge in [-0.2, -0.15) is 0 Å². The molecule has 94 valence electrons. The molecule has 0 saturated heterocycles. The van der Waals surface area contributed by atoms with Crippen LogP contribution in [0, 0.1) is 15.9 Å². The molecule has 0 fully saturated rings. The molecule has 0 aliphatic rings. The van der Waals surface area contributed by atoms with Gasteiger partial charge in [0.25, 0.3) is 0 Å². The van der Waals surface area contributed by atoms with Crippen LogP contribution in [-0.4, -0.2) is 11.5 Å². The third-order valence-corrected chi connectivity index (χ3v) is 2.42. The maximum atomic E-state index is 13.5. The number of para-hydroxylation sites is 1. The van der Waals surface area contributed by atoms with Crippen molar-refractivity contribution in [2.45, 2.75) is 6.04 Å². The van der Waals surface area contributed by atoms with Gasteiger partial charge in [0.1, 0.15) is 17.6 Å². The predicted molar refractivity (Wildman–Crippen MR) is 63.3 cm³/mol. The number of nitro groups is 1. The number of furan rings is 1. The van der Waals surface area contributed by atoms with Crippen molar-refractivity contribution in [3.8, 4) is 0 Å². The Hall–Kier alpha value is -2.37. The number of nitrogens with one attached hydrogen (secondary N) is 1. The van der Waals surface area contributed by atoms with Crippen molar-refractivity contribution in [3.05, 3.63) is 64.4 Å². The van der Waals surface area contributed by atoms with Crippen molar-refractivity contribution < 1.29 is 13.7 Å². The van der Waals surface area contributed by atoms with Gasteiger partial charge in [-0.1, -0.05) is 12.1 Å². The smallest absolute Gasteiger partial charge is 0.231 e. The van der Waals surface area contributed by atoms with Crippen LogP contribution in [0.15, 0.2) is 47.1 Å². The van der Waals surface area contributed by atoms with Gasteiger partial charge in [-0.25, -0.2) is 4.39 Å². The molecule has 2 rings (SSSR count). The van der Waals surface area contributed by atoms with E-state index in [0.717, 1.165) is 0 Å². The minimum absolute atomic E-state index is 0.209. The molecule has 1 N–H and O–H groups in total. The number of hydrogen-bond acceptors (Lipinski definition) is 4. The molecular weight excluding hydrogens is 239 g/mol. The number of hydrogen-bond donors (Lipinski definition) is 1. The van der Waals surface area contributed by atoms with Crippen molar-refractivity contribution in [2.75, 3.05) is 11.9 Å². The van der Waals surface area contributed by atoms with E-state index < -0.39 is 16.8 Å². The lowest BCUT2D eigenvalue weighted by molar-refractivity contribution is -0.482. The Morgan fingerprint density at radius 1 is 1.33 bits per heavy atom. The van der Waals surface area contributed by atoms with E-state index in [0.29, 0.717) is 5.76 Å². The summed E-state index contributed by atoms with van der Waals surface area (Å²) < 4.78 is 18.6. The van der Waals surface area contributed by atoms with Crippen molar-refractivity contribution in [3.63, 3.8) is 0 Å². The summed E-state index contributed by atoms with van der Waals surface area (Å²) in [6, 6.07) is 8.55. The molecule has 0 amide bonds. The number of rotatable bonds is 5. The Morgan fingerprint density at radius 3 is 2.72 bits per heavy atom. The molecule has 1 aromatic heterocycles. The van der Waals surface area contributed by atoms with Crippen molar-refractivity contribution >= 4 is 5.69 Å². The van der Waals surface area contributed by atoms with Gasteiger partial charge in [0, 0.05) is 4.92 Å². The second-order valence-corrected chi connectivity index (χ2v) is 3.71. The summed E-state index contributed by atoms with van der Waals surface area (Å²) >= 11 is 0. The molecule has 0 bridgehead atoms. The second-order valence-electron chi connectivity index (χ2n) is 3.71. The van der Waals surface area contributed by atoms with Crippen LogP contribution in [-0.2, 0) is 0 Å². The normalized spacial score (nSPS) is 12.1. The Balaban J connectivity index is 2.20. The van der Waals surface area contributed by atoms with Gasteiger partial charge in [-0.3, -0.25) is 10.1 Å². The quantitative estimate of drug-likeness (QED) is 0.654. The summed E-state index contributed by atoms with van der Waals surface area (Å²) in [6.45, 7) is -0.387. The molecule has 2 aromatic rings. The summed E-state index contributed by atoms with van der Waals surface area (Å²) in [5.74, 6) is -0.0626. The highest BCUT2D eigenvalue weighted by atomic mass is 19.1. The zero-order valence-electron chi connectivity index (χ0n) is 9.38. The maximum Gasteiger partial charge on any atom is 0.231 e. The fraction of sp³-hybridized carbons (Fsp3) is 0.167. The van der Waals surface area contributed by atoms with Crippen LogP contribution >= 0.6 is 0 Å². The first-order valence-electron chi connectivity index (χ1n) is 5.33. The highest BCUT2D eigenvalue weighted by Gasteiger charge is 2.21. The molecule has 1 aromatic carbocycles. The van der Waals surface area contributed by atoms with Crippen LogP contribution in [0.25, 0.3) is 0 Å². The lowest BCUT2D eigenvalue weighted by Crippen LogP contribution is -2.20. The third kappa shape index (κ3) is 2.85. The van der Waals surface area contributed by atoms with Crippen LogP contribution < -0.4 is 5.32 Å². The Kier molecular flexibility index (Phi) is 3.57. The lowest BCUT2D eigenvalue weighted by atomic mass is 10.2. The fourth-order valence-corrected chi connectivity index (χ4v) is 1.61. The van der Waals surface area contributed by atoms with Crippen molar-refractivity contribution in [2.24, 2.45) is 0 Å². The van der Waals surface area contributed by atoms with E-state index in [1.807, 2.05) is 0 Å². The zero-order valence-corrected chi connectivity index (χ0v) is 9.38. The molecule has 1 unspecified atom stereocenters. The van der Waals surface area contributed by atoms with E-state index in [1.54, 1.807) is 24.3 Å². The van der Waals surface area contributed by atoms with Gasteiger partial charge in [0.05, 0.1) is 12.0 Å². The molecule has 0 aliphatic carbocycles. The summed E-state index contributed by atoms with van der Waals surface area (Å²) in [6.07, 6.45) is 1.42. The van der Waals surface area contributed by atoms with Crippen LogP contribution in [0.3, 0.4) is 0 Å². The highest BCUT2D eigenvalue weighted by molar-refractivity contribution is 5.46. The minimum atomic E-state index is -0.702. The van der Waals surface area contributed by atoms with E-state index in [2.05, 4.69) is 5.32 Å². The summed E-state index contributed by atoms with van der Waals surface area (Å²) in [5, 5.41) is 13.4. The zero-order chi connectivity index (χ0) is 13.0. The second kappa shape index (κ2) is 5.31. The summed E-state index contributed by atoms with van der Waals surface area (Å²) in [7, 11) is 0. The fourth-order valence-electron chi connectivity index (χ4n) is 1.61. The first kappa shape index (κ1) is 12.1. The monoisotopic (exact) mass is 250 g/mol. The van der Waals surface area contributed by atoms with Crippen LogP contribution in [0.5, 0.6) is 0 Å². The van der Waals surface area contributed by atoms with Crippen molar-refractivity contribution in [1.29, 1.82) is 0 Å². The van der Waals surface area contributed by atoms with Crippen molar-refractivity contribution in [1.82, 2.24) is 0 Å². The van der Waals surface area contributed by atoms with Gasteiger partial charge >= 0.3 is 0 Å². The molecule has 18 heavy (non-hydrogen) atoms. The molecule has 1 atom stereocenters. The lowest BCUT2D eigenvalue weighted by Gasteiger charge is -2.14. The Labute approximate surface area is 102 Å². The maximum absolute atomic E-state index is 13.5. The predicted octanol–water partition coefficient (Wildman–Crippen LogP) is 2.85. The minimum Gasteiger partial charge on any atom is -0.467 e. The van der Waals surface area contributed by atoms with E-state index in [9.17, 15) is 14.5 Å². The molecule has 0 radical (unpaired) electrons. The standard InChI is InChI=1S/C12H11FN2O3/c13-9-4-1-2-5-10(9)14-11(8-15(16)17)12-6-3-7-18-12/h1-7,11,14H,8H2. The van der Waals surface area contributed by atoms with Crippen LogP contribution in [0.1, 0.15) is 11.8 Å². The first-order chi connectivity index (χ1) is 8.66. The number of benzene rings is 1. The average molecular weight is 250 g/mol. The number of nitrogens with zero attached hydrogens (tertiary/aromatic N) is 1. The molecule has 0 aliphatic heterocycles. The van der Waals surface area contributed by atoms with E-state index in [1.165, 1.54) is 18.4 Å². The highest BCUT2D eigenvalue weighted by Crippen LogP contribution is 2.22. The SMILES string of the molecule is O=[N+]([O-])CC(Nc1ccccc1F)c1ccco1. The number of anilines is 1. The molecule has 1 heterocycles. The van der Waals surface area contributed by atoms with Gasteiger partial charge in [0.2, 0.25) is 6.54 Å². The van der Waals surface area contributed by atoms with Gasteiger partial charge in [0.15, 0.2) is 0 Å². The largest absolute Gasteiger partial charge is 0.467 e. The van der Waals surface area contributed by atoms with Gasteiger partial charge in [-0.05, 0) is 24.3 Å². The van der Waals surface area contributed by atoms with E-state index >= 15 is 0 Å². The molecule has 5 nitrogen and oxygen atoms in total. The average Bonchev–Trinajstić information content (AvgIpc) is 2.84. The van der Waals surface area contributed by atoms with E-state index in [-0.39, 0.29) is 12.2 Å². The van der Waals surface area contributed by atoms with Gasteiger partial charge < -0.3 is 9.73 Å². The summed E-state index contributed by atoms with van der Waals surface area (Å²) in [4.78, 5) is 10.1. The van der Waals surface area contributed by atoms with Crippen LogP contribution in [0.4, 0.5) is 10.1 Å². The molecule has 0 saturated carbocycles. The van der Waals surface area contributed by atoms with Gasteiger partial charge in [-0.15, -0.1) is 0 Å². The molecule has 0 spiro atoms. The molecular formula is C12H11FN2O3. The number of halogens is 1. The molecule has 6 heteroatoms. The van der Waals surface area contributed by atoms with Crippen LogP contribution in [0.2, 0.25) is 0 Å². The first-order valence-corrected chi connectivity index (χ1v) is 5.33.